The maximum Gasteiger partial charge on any atom is 0.416 e. The van der Waals surface area contributed by atoms with Crippen molar-refractivity contribution in [3.8, 4) is 5.75 Å². The maximum atomic E-state index is 12.4. The number of halogens is 4. The van der Waals surface area contributed by atoms with Gasteiger partial charge in [0.2, 0.25) is 0 Å². The second kappa shape index (κ2) is 6.91. The van der Waals surface area contributed by atoms with Crippen LogP contribution in [0.15, 0.2) is 42.5 Å². The van der Waals surface area contributed by atoms with Gasteiger partial charge < -0.3 is 10.1 Å². The van der Waals surface area contributed by atoms with Crippen molar-refractivity contribution in [1.82, 2.24) is 0 Å². The predicted molar refractivity (Wildman–Crippen MR) is 81.8 cm³/mol. The molecule has 2 aromatic rings. The van der Waals surface area contributed by atoms with Crippen molar-refractivity contribution in [3.05, 3.63) is 58.6 Å². The lowest BCUT2D eigenvalue weighted by Crippen LogP contribution is -2.20. The summed E-state index contributed by atoms with van der Waals surface area (Å²) in [4.78, 5) is 11.8. The molecule has 0 unspecified atom stereocenters. The first-order chi connectivity index (χ1) is 10.8. The molecule has 0 radical (unpaired) electrons. The van der Waals surface area contributed by atoms with Crippen LogP contribution in [0.2, 0.25) is 5.02 Å². The predicted octanol–water partition coefficient (Wildman–Crippen LogP) is 4.68. The van der Waals surface area contributed by atoms with Crippen molar-refractivity contribution in [3.63, 3.8) is 0 Å². The first-order valence-corrected chi connectivity index (χ1v) is 6.99. The number of rotatable bonds is 4. The number of hydrogen-bond acceptors (Lipinski definition) is 2. The van der Waals surface area contributed by atoms with Gasteiger partial charge in [-0.15, -0.1) is 0 Å². The van der Waals surface area contributed by atoms with Crippen LogP contribution in [0.3, 0.4) is 0 Å². The topological polar surface area (TPSA) is 38.3 Å². The fraction of sp³-hybridized carbons (Fsp3) is 0.188. The Morgan fingerprint density at radius 3 is 2.39 bits per heavy atom. The summed E-state index contributed by atoms with van der Waals surface area (Å²) in [5, 5.41) is 3.02. The van der Waals surface area contributed by atoms with Crippen LogP contribution in [0.1, 0.15) is 11.1 Å². The quantitative estimate of drug-likeness (QED) is 0.875. The molecule has 0 aliphatic carbocycles. The highest BCUT2D eigenvalue weighted by Gasteiger charge is 2.29. The van der Waals surface area contributed by atoms with Crippen molar-refractivity contribution in [1.29, 1.82) is 0 Å². The lowest BCUT2D eigenvalue weighted by atomic mass is 10.2. The van der Waals surface area contributed by atoms with Crippen LogP contribution in [-0.2, 0) is 11.0 Å². The number of ether oxygens (including phenoxy) is 1. The molecular formula is C16H13ClF3NO2. The molecule has 0 atom stereocenters. The number of carbonyl (C=O) groups excluding carboxylic acids is 1. The summed E-state index contributed by atoms with van der Waals surface area (Å²) < 4.78 is 42.7. The van der Waals surface area contributed by atoms with Crippen LogP contribution in [0.4, 0.5) is 18.9 Å². The monoisotopic (exact) mass is 343 g/mol. The van der Waals surface area contributed by atoms with Gasteiger partial charge in [0, 0.05) is 10.7 Å². The third kappa shape index (κ3) is 4.89. The Morgan fingerprint density at radius 2 is 1.83 bits per heavy atom. The largest absolute Gasteiger partial charge is 0.483 e. The van der Waals surface area contributed by atoms with E-state index in [1.807, 2.05) is 0 Å². The molecule has 1 amide bonds. The van der Waals surface area contributed by atoms with E-state index in [2.05, 4.69) is 5.32 Å². The smallest absolute Gasteiger partial charge is 0.416 e. The summed E-state index contributed by atoms with van der Waals surface area (Å²) in [6.45, 7) is 1.53. The van der Waals surface area contributed by atoms with Crippen LogP contribution in [0, 0.1) is 6.92 Å². The molecule has 0 heterocycles. The van der Waals surface area contributed by atoms with Crippen molar-refractivity contribution in [2.75, 3.05) is 11.9 Å². The first-order valence-electron chi connectivity index (χ1n) is 6.62. The van der Waals surface area contributed by atoms with Gasteiger partial charge in [-0.1, -0.05) is 11.6 Å². The first kappa shape index (κ1) is 17.1. The minimum Gasteiger partial charge on any atom is -0.483 e. The average Bonchev–Trinajstić information content (AvgIpc) is 2.46. The molecule has 0 saturated heterocycles. The van der Waals surface area contributed by atoms with Gasteiger partial charge in [0.05, 0.1) is 5.56 Å². The highest BCUT2D eigenvalue weighted by atomic mass is 35.5. The van der Waals surface area contributed by atoms with E-state index in [1.165, 1.54) is 12.1 Å². The average molecular weight is 344 g/mol. The van der Waals surface area contributed by atoms with Crippen molar-refractivity contribution in [2.24, 2.45) is 0 Å². The van der Waals surface area contributed by atoms with E-state index in [0.29, 0.717) is 10.8 Å². The van der Waals surface area contributed by atoms with Gasteiger partial charge in [0.1, 0.15) is 5.75 Å². The van der Waals surface area contributed by atoms with Crippen LogP contribution < -0.4 is 10.1 Å². The molecule has 7 heteroatoms. The van der Waals surface area contributed by atoms with Gasteiger partial charge in [-0.05, 0) is 55.0 Å². The van der Waals surface area contributed by atoms with Gasteiger partial charge in [-0.3, -0.25) is 4.79 Å². The number of anilines is 1. The van der Waals surface area contributed by atoms with E-state index in [0.717, 1.165) is 17.7 Å². The third-order valence-electron chi connectivity index (χ3n) is 2.99. The van der Waals surface area contributed by atoms with Crippen LogP contribution in [-0.4, -0.2) is 12.5 Å². The standard InChI is InChI=1S/C16H13ClF3NO2/c1-10-8-12(17)4-7-14(10)23-9-15(22)21-13-5-2-11(3-6-13)16(18,19)20/h2-8H,9H2,1H3,(H,21,22). The number of nitrogens with one attached hydrogen (secondary N) is 1. The van der Waals surface area contributed by atoms with Crippen LogP contribution in [0.25, 0.3) is 0 Å². The number of aryl methyl sites for hydroxylation is 1. The van der Waals surface area contributed by atoms with E-state index < -0.39 is 17.6 Å². The molecule has 0 spiro atoms. The highest BCUT2D eigenvalue weighted by molar-refractivity contribution is 6.30. The summed E-state index contributed by atoms with van der Waals surface area (Å²) >= 11 is 5.82. The molecular weight excluding hydrogens is 331 g/mol. The number of alkyl halides is 3. The summed E-state index contributed by atoms with van der Waals surface area (Å²) in [6.07, 6.45) is -4.40. The summed E-state index contributed by atoms with van der Waals surface area (Å²) in [5.74, 6) is 0.0380. The van der Waals surface area contributed by atoms with Crippen LogP contribution in [0.5, 0.6) is 5.75 Å². The van der Waals surface area contributed by atoms with E-state index in [9.17, 15) is 18.0 Å². The van der Waals surface area contributed by atoms with Crippen molar-refractivity contribution in [2.45, 2.75) is 13.1 Å². The minimum absolute atomic E-state index is 0.260. The fourth-order valence-corrected chi connectivity index (χ4v) is 2.08. The van der Waals surface area contributed by atoms with Gasteiger partial charge in [-0.2, -0.15) is 13.2 Å². The van der Waals surface area contributed by atoms with Crippen molar-refractivity contribution >= 4 is 23.2 Å². The second-order valence-electron chi connectivity index (χ2n) is 4.82. The summed E-state index contributed by atoms with van der Waals surface area (Å²) in [7, 11) is 0. The van der Waals surface area contributed by atoms with E-state index in [1.54, 1.807) is 25.1 Å². The number of benzene rings is 2. The Hall–Kier alpha value is -2.21. The van der Waals surface area contributed by atoms with Crippen LogP contribution >= 0.6 is 11.6 Å². The zero-order chi connectivity index (χ0) is 17.0. The molecule has 0 fully saturated rings. The Kier molecular flexibility index (Phi) is 5.15. The second-order valence-corrected chi connectivity index (χ2v) is 5.26. The molecule has 23 heavy (non-hydrogen) atoms. The van der Waals surface area contributed by atoms with E-state index in [-0.39, 0.29) is 12.3 Å². The SMILES string of the molecule is Cc1cc(Cl)ccc1OCC(=O)Nc1ccc(C(F)(F)F)cc1. The highest BCUT2D eigenvalue weighted by Crippen LogP contribution is 2.29. The van der Waals surface area contributed by atoms with E-state index >= 15 is 0 Å². The molecule has 0 bridgehead atoms. The third-order valence-corrected chi connectivity index (χ3v) is 3.23. The Labute approximate surface area is 136 Å². The Morgan fingerprint density at radius 1 is 1.17 bits per heavy atom. The number of carbonyl (C=O) groups is 1. The zero-order valence-corrected chi connectivity index (χ0v) is 12.8. The van der Waals surface area contributed by atoms with E-state index in [4.69, 9.17) is 16.3 Å². The zero-order valence-electron chi connectivity index (χ0n) is 12.1. The molecule has 3 nitrogen and oxygen atoms in total. The van der Waals surface area contributed by atoms with Gasteiger partial charge in [0.15, 0.2) is 6.61 Å². The fourth-order valence-electron chi connectivity index (χ4n) is 1.86. The summed E-state index contributed by atoms with van der Waals surface area (Å²) in [6, 6.07) is 9.16. The van der Waals surface area contributed by atoms with Gasteiger partial charge >= 0.3 is 6.18 Å². The number of hydrogen-bond donors (Lipinski definition) is 1. The Balaban J connectivity index is 1.92. The normalized spacial score (nSPS) is 11.2. The molecule has 122 valence electrons. The maximum absolute atomic E-state index is 12.4. The minimum atomic E-state index is -4.40. The van der Waals surface area contributed by atoms with Gasteiger partial charge in [-0.25, -0.2) is 0 Å². The van der Waals surface area contributed by atoms with Gasteiger partial charge in [0.25, 0.3) is 5.91 Å². The molecule has 0 aliphatic rings. The molecule has 1 N–H and O–H groups in total. The molecule has 2 aromatic carbocycles. The molecule has 0 aromatic heterocycles. The molecule has 2 rings (SSSR count). The summed E-state index contributed by atoms with van der Waals surface area (Å²) in [5.41, 5.74) is 0.266. The molecule has 0 aliphatic heterocycles. The molecule has 0 saturated carbocycles. The lowest BCUT2D eigenvalue weighted by Gasteiger charge is -2.11. The van der Waals surface area contributed by atoms with Crippen molar-refractivity contribution < 1.29 is 22.7 Å². The Bertz CT molecular complexity index is 699. The number of amides is 1. The lowest BCUT2D eigenvalue weighted by molar-refractivity contribution is -0.137.